The van der Waals surface area contributed by atoms with Crippen LogP contribution in [-0.4, -0.2) is 0 Å². The molecule has 1 aromatic carbocycles. The van der Waals surface area contributed by atoms with E-state index in [0.717, 1.165) is 10.4 Å². The number of thiophene rings is 1. The lowest BCUT2D eigenvalue weighted by Crippen LogP contribution is -2.09. The van der Waals surface area contributed by atoms with Crippen molar-refractivity contribution in [3.63, 3.8) is 0 Å². The van der Waals surface area contributed by atoms with Crippen LogP contribution in [0.5, 0.6) is 0 Å². The third-order valence-corrected chi connectivity index (χ3v) is 3.49. The second-order valence-electron chi connectivity index (χ2n) is 3.20. The lowest BCUT2D eigenvalue weighted by atomic mass is 10.1. The Morgan fingerprint density at radius 3 is 2.25 bits per heavy atom. The molecule has 2 aromatic rings. The first-order chi connectivity index (χ1) is 7.16. The first kappa shape index (κ1) is 13.8. The van der Waals surface area contributed by atoms with Crippen molar-refractivity contribution in [2.45, 2.75) is 6.04 Å². The van der Waals surface area contributed by atoms with Crippen molar-refractivity contribution in [3.8, 4) is 0 Å². The molecule has 2 rings (SSSR count). The van der Waals surface area contributed by atoms with Gasteiger partial charge in [0.1, 0.15) is 0 Å². The predicted octanol–water partition coefficient (Wildman–Crippen LogP) is 4.52. The van der Waals surface area contributed by atoms with Crippen LogP contribution in [0.3, 0.4) is 0 Å². The number of hydrogen-bond donors (Lipinski definition) is 1. The molecule has 5 heteroatoms. The Labute approximate surface area is 115 Å². The van der Waals surface area contributed by atoms with Crippen LogP contribution in [0.15, 0.2) is 35.7 Å². The monoisotopic (exact) mass is 293 g/mol. The quantitative estimate of drug-likeness (QED) is 0.865. The van der Waals surface area contributed by atoms with Crippen molar-refractivity contribution in [1.82, 2.24) is 0 Å². The Hall–Kier alpha value is -0.250. The number of halogens is 3. The summed E-state index contributed by atoms with van der Waals surface area (Å²) in [4.78, 5) is 1.10. The van der Waals surface area contributed by atoms with E-state index in [0.29, 0.717) is 10.0 Å². The zero-order valence-electron chi connectivity index (χ0n) is 8.19. The van der Waals surface area contributed by atoms with Crippen LogP contribution >= 0.6 is 46.9 Å². The highest BCUT2D eigenvalue weighted by molar-refractivity contribution is 7.10. The van der Waals surface area contributed by atoms with Crippen LogP contribution in [0.2, 0.25) is 10.0 Å². The molecule has 0 saturated heterocycles. The van der Waals surface area contributed by atoms with Crippen LogP contribution in [0.4, 0.5) is 0 Å². The van der Waals surface area contributed by atoms with Gasteiger partial charge in [-0.05, 0) is 35.2 Å². The summed E-state index contributed by atoms with van der Waals surface area (Å²) in [5, 5.41) is 3.23. The fourth-order valence-electron chi connectivity index (χ4n) is 1.39. The molecule has 0 radical (unpaired) electrons. The average Bonchev–Trinajstić information content (AvgIpc) is 2.67. The molecule has 0 aliphatic carbocycles. The van der Waals surface area contributed by atoms with Crippen molar-refractivity contribution in [2.75, 3.05) is 0 Å². The summed E-state index contributed by atoms with van der Waals surface area (Å²) >= 11 is 13.5. The summed E-state index contributed by atoms with van der Waals surface area (Å²) in [6, 6.07) is 9.22. The molecule has 0 unspecified atom stereocenters. The molecule has 1 heterocycles. The fourth-order valence-corrected chi connectivity index (χ4v) is 2.68. The summed E-state index contributed by atoms with van der Waals surface area (Å²) in [7, 11) is 0. The molecule has 2 N–H and O–H groups in total. The lowest BCUT2D eigenvalue weighted by Gasteiger charge is -2.10. The Morgan fingerprint density at radius 2 is 1.75 bits per heavy atom. The van der Waals surface area contributed by atoms with Gasteiger partial charge in [0, 0.05) is 14.9 Å². The molecule has 0 aliphatic rings. The SMILES string of the molecule is Cl.N[C@H](c1cc(Cl)cc(Cl)c1)c1cccs1. The van der Waals surface area contributed by atoms with E-state index < -0.39 is 0 Å². The summed E-state index contributed by atoms with van der Waals surface area (Å²) in [6.45, 7) is 0. The van der Waals surface area contributed by atoms with Gasteiger partial charge in [-0.3, -0.25) is 0 Å². The van der Waals surface area contributed by atoms with Gasteiger partial charge in [-0.15, -0.1) is 23.7 Å². The maximum Gasteiger partial charge on any atom is 0.0647 e. The molecular formula is C11H10Cl3NS. The number of benzene rings is 1. The van der Waals surface area contributed by atoms with Crippen LogP contribution in [0.25, 0.3) is 0 Å². The van der Waals surface area contributed by atoms with Gasteiger partial charge in [0.2, 0.25) is 0 Å². The minimum Gasteiger partial charge on any atom is -0.320 e. The van der Waals surface area contributed by atoms with Gasteiger partial charge < -0.3 is 5.73 Å². The van der Waals surface area contributed by atoms with Crippen LogP contribution in [0.1, 0.15) is 16.5 Å². The molecule has 0 spiro atoms. The third-order valence-electron chi connectivity index (χ3n) is 2.09. The van der Waals surface area contributed by atoms with Crippen LogP contribution in [0, 0.1) is 0 Å². The van der Waals surface area contributed by atoms with Crippen molar-refractivity contribution in [3.05, 3.63) is 56.2 Å². The first-order valence-electron chi connectivity index (χ1n) is 4.42. The number of rotatable bonds is 2. The summed E-state index contributed by atoms with van der Waals surface area (Å²) in [6.07, 6.45) is 0. The zero-order chi connectivity index (χ0) is 10.8. The zero-order valence-corrected chi connectivity index (χ0v) is 11.3. The van der Waals surface area contributed by atoms with E-state index in [9.17, 15) is 0 Å². The van der Waals surface area contributed by atoms with Crippen molar-refractivity contribution >= 4 is 46.9 Å². The Kier molecular flexibility index (Phi) is 5.09. The van der Waals surface area contributed by atoms with Gasteiger partial charge in [0.15, 0.2) is 0 Å². The minimum absolute atomic E-state index is 0. The maximum atomic E-state index is 6.09. The van der Waals surface area contributed by atoms with E-state index in [1.54, 1.807) is 17.4 Å². The van der Waals surface area contributed by atoms with Crippen molar-refractivity contribution < 1.29 is 0 Å². The lowest BCUT2D eigenvalue weighted by molar-refractivity contribution is 0.894. The summed E-state index contributed by atoms with van der Waals surface area (Å²) in [5.74, 6) is 0. The van der Waals surface area contributed by atoms with E-state index in [1.165, 1.54) is 0 Å². The fraction of sp³-hybridized carbons (Fsp3) is 0.0909. The van der Waals surface area contributed by atoms with Crippen molar-refractivity contribution in [2.24, 2.45) is 5.73 Å². The standard InChI is InChI=1S/C11H9Cl2NS.ClH/c12-8-4-7(5-9(13)6-8)11(14)10-2-1-3-15-10;/h1-6,11H,14H2;1H/t11-;/m1./s1. The van der Waals surface area contributed by atoms with Gasteiger partial charge in [0.25, 0.3) is 0 Å². The van der Waals surface area contributed by atoms with E-state index in [4.69, 9.17) is 28.9 Å². The molecule has 0 saturated carbocycles. The molecule has 16 heavy (non-hydrogen) atoms. The highest BCUT2D eigenvalue weighted by atomic mass is 35.5. The van der Waals surface area contributed by atoms with Gasteiger partial charge >= 0.3 is 0 Å². The molecule has 0 aliphatic heterocycles. The van der Waals surface area contributed by atoms with Crippen LogP contribution < -0.4 is 5.73 Å². The minimum atomic E-state index is -0.152. The number of nitrogens with two attached hydrogens (primary N) is 1. The summed E-state index contributed by atoms with van der Waals surface area (Å²) in [5.41, 5.74) is 7.03. The molecular weight excluding hydrogens is 285 g/mol. The van der Waals surface area contributed by atoms with E-state index in [2.05, 4.69) is 0 Å². The molecule has 0 amide bonds. The number of hydrogen-bond acceptors (Lipinski definition) is 2. The van der Waals surface area contributed by atoms with E-state index in [-0.39, 0.29) is 18.4 Å². The Morgan fingerprint density at radius 1 is 1.12 bits per heavy atom. The van der Waals surface area contributed by atoms with Gasteiger partial charge in [0.05, 0.1) is 6.04 Å². The van der Waals surface area contributed by atoms with E-state index >= 15 is 0 Å². The van der Waals surface area contributed by atoms with Gasteiger partial charge in [-0.2, -0.15) is 0 Å². The average molecular weight is 295 g/mol. The largest absolute Gasteiger partial charge is 0.320 e. The Balaban J connectivity index is 0.00000128. The molecule has 1 atom stereocenters. The van der Waals surface area contributed by atoms with Crippen LogP contribution in [-0.2, 0) is 0 Å². The summed E-state index contributed by atoms with van der Waals surface area (Å²) < 4.78 is 0. The Bertz CT molecular complexity index is 436. The smallest absolute Gasteiger partial charge is 0.0647 e. The third kappa shape index (κ3) is 3.12. The predicted molar refractivity (Wildman–Crippen MR) is 74.1 cm³/mol. The second kappa shape index (κ2) is 5.89. The molecule has 0 fully saturated rings. The molecule has 1 aromatic heterocycles. The van der Waals surface area contributed by atoms with Gasteiger partial charge in [-0.25, -0.2) is 0 Å². The first-order valence-corrected chi connectivity index (χ1v) is 6.05. The molecule has 1 nitrogen and oxygen atoms in total. The molecule has 0 bridgehead atoms. The molecule has 86 valence electrons. The normalized spacial score (nSPS) is 11.9. The maximum absolute atomic E-state index is 6.09. The highest BCUT2D eigenvalue weighted by Gasteiger charge is 2.10. The van der Waals surface area contributed by atoms with E-state index in [1.807, 2.05) is 29.6 Å². The topological polar surface area (TPSA) is 26.0 Å². The van der Waals surface area contributed by atoms with Crippen molar-refractivity contribution in [1.29, 1.82) is 0 Å². The second-order valence-corrected chi connectivity index (χ2v) is 5.05. The van der Waals surface area contributed by atoms with Gasteiger partial charge in [-0.1, -0.05) is 29.3 Å². The highest BCUT2D eigenvalue weighted by Crippen LogP contribution is 2.28.